The van der Waals surface area contributed by atoms with E-state index in [4.69, 9.17) is 5.73 Å². The molecule has 0 bridgehead atoms. The van der Waals surface area contributed by atoms with Crippen molar-refractivity contribution in [2.75, 3.05) is 19.3 Å². The molecule has 0 radical (unpaired) electrons. The van der Waals surface area contributed by atoms with Gasteiger partial charge in [-0.25, -0.2) is 9.97 Å². The van der Waals surface area contributed by atoms with Crippen molar-refractivity contribution in [2.24, 2.45) is 11.8 Å². The molecule has 5 nitrogen and oxygen atoms in total. The fourth-order valence-corrected chi connectivity index (χ4v) is 7.66. The van der Waals surface area contributed by atoms with E-state index in [0.29, 0.717) is 11.7 Å². The molecule has 2 unspecified atom stereocenters. The summed E-state index contributed by atoms with van der Waals surface area (Å²) in [6.45, 7) is 2.17. The summed E-state index contributed by atoms with van der Waals surface area (Å²) in [5.41, 5.74) is 10.4. The van der Waals surface area contributed by atoms with Gasteiger partial charge >= 0.3 is 0 Å². The molecule has 0 saturated heterocycles. The molecule has 0 amide bonds. The van der Waals surface area contributed by atoms with Gasteiger partial charge in [0.2, 0.25) is 0 Å². The number of benzene rings is 1. The van der Waals surface area contributed by atoms with Gasteiger partial charge in [-0.15, -0.1) is 11.3 Å². The molecule has 3 atom stereocenters. The van der Waals surface area contributed by atoms with Crippen LogP contribution in [0.2, 0.25) is 0 Å². The maximum absolute atomic E-state index is 6.31. The normalized spacial score (nSPS) is 23.4. The van der Waals surface area contributed by atoms with Crippen LogP contribution in [-0.2, 0) is 13.0 Å². The minimum atomic E-state index is 0.633. The predicted molar refractivity (Wildman–Crippen MR) is 133 cm³/mol. The predicted octanol–water partition coefficient (Wildman–Crippen LogP) is 5.72. The van der Waals surface area contributed by atoms with Crippen LogP contribution in [0.4, 0.5) is 5.82 Å². The number of aromatic nitrogens is 3. The summed E-state index contributed by atoms with van der Waals surface area (Å²) >= 11 is 1.84. The van der Waals surface area contributed by atoms with Crippen molar-refractivity contribution < 1.29 is 0 Å². The fourth-order valence-electron chi connectivity index (χ4n) is 6.43. The highest BCUT2D eigenvalue weighted by atomic mass is 32.1. The molecular weight excluding hydrogens is 414 g/mol. The van der Waals surface area contributed by atoms with E-state index in [-0.39, 0.29) is 0 Å². The number of aromatic amines is 1. The smallest absolute Gasteiger partial charge is 0.135 e. The van der Waals surface area contributed by atoms with Gasteiger partial charge in [-0.1, -0.05) is 24.6 Å². The largest absolute Gasteiger partial charge is 0.383 e. The first-order chi connectivity index (χ1) is 15.7. The van der Waals surface area contributed by atoms with Crippen molar-refractivity contribution in [3.8, 4) is 0 Å². The highest BCUT2D eigenvalue weighted by Gasteiger charge is 2.36. The minimum Gasteiger partial charge on any atom is -0.383 e. The summed E-state index contributed by atoms with van der Waals surface area (Å²) in [5.74, 6) is 2.83. The molecule has 1 aromatic carbocycles. The number of thiophene rings is 1. The Morgan fingerprint density at radius 3 is 3.03 bits per heavy atom. The molecule has 4 aromatic rings. The lowest BCUT2D eigenvalue weighted by Gasteiger charge is -2.35. The zero-order valence-electron chi connectivity index (χ0n) is 18.7. The number of rotatable bonds is 5. The van der Waals surface area contributed by atoms with Gasteiger partial charge < -0.3 is 15.6 Å². The number of nitrogen functional groups attached to an aromatic ring is 1. The second-order valence-corrected chi connectivity index (χ2v) is 11.0. The zero-order chi connectivity index (χ0) is 21.7. The summed E-state index contributed by atoms with van der Waals surface area (Å²) in [6, 6.07) is 8.61. The number of anilines is 1. The van der Waals surface area contributed by atoms with Crippen molar-refractivity contribution in [3.05, 3.63) is 52.8 Å². The summed E-state index contributed by atoms with van der Waals surface area (Å²) in [5, 5.41) is 2.51. The molecule has 2 aliphatic rings. The lowest BCUT2D eigenvalue weighted by atomic mass is 9.73. The maximum atomic E-state index is 6.31. The number of H-pyrrole nitrogens is 1. The van der Waals surface area contributed by atoms with E-state index in [0.717, 1.165) is 28.6 Å². The van der Waals surface area contributed by atoms with E-state index in [1.807, 2.05) is 11.3 Å². The molecular formula is C26H31N5S. The Hall–Kier alpha value is -2.44. The van der Waals surface area contributed by atoms with Crippen LogP contribution >= 0.6 is 11.3 Å². The van der Waals surface area contributed by atoms with Crippen LogP contribution in [0.15, 0.2) is 36.8 Å². The molecule has 3 heterocycles. The number of fused-ring (bicyclic) bond motifs is 4. The van der Waals surface area contributed by atoms with Gasteiger partial charge in [-0.2, -0.15) is 0 Å². The Balaban J connectivity index is 1.16. The average molecular weight is 446 g/mol. The van der Waals surface area contributed by atoms with Gasteiger partial charge in [0.25, 0.3) is 0 Å². The molecule has 1 fully saturated rings. The number of nitrogens with zero attached hydrogens (tertiary/aromatic N) is 3. The highest BCUT2D eigenvalue weighted by Crippen LogP contribution is 2.51. The van der Waals surface area contributed by atoms with Crippen molar-refractivity contribution >= 4 is 38.3 Å². The SMILES string of the molecule is CN(Cc1c[nH]c2ccccc12)C[C@H]1CCCC(C2CCc3sc4ncnc(N)c4c32)C1. The second kappa shape index (κ2) is 8.16. The third kappa shape index (κ3) is 3.50. The highest BCUT2D eigenvalue weighted by molar-refractivity contribution is 7.19. The lowest BCUT2D eigenvalue weighted by molar-refractivity contribution is 0.177. The first kappa shape index (κ1) is 20.2. The minimum absolute atomic E-state index is 0.633. The summed E-state index contributed by atoms with van der Waals surface area (Å²) < 4.78 is 0. The fraction of sp³-hybridized carbons (Fsp3) is 0.462. The van der Waals surface area contributed by atoms with E-state index < -0.39 is 0 Å². The molecule has 3 aromatic heterocycles. The molecule has 32 heavy (non-hydrogen) atoms. The number of hydrogen-bond donors (Lipinski definition) is 2. The molecule has 166 valence electrons. The van der Waals surface area contributed by atoms with Crippen molar-refractivity contribution in [1.29, 1.82) is 0 Å². The van der Waals surface area contributed by atoms with Crippen LogP contribution < -0.4 is 5.73 Å². The van der Waals surface area contributed by atoms with Crippen LogP contribution in [0.25, 0.3) is 21.1 Å². The number of para-hydroxylation sites is 1. The third-order valence-corrected chi connectivity index (χ3v) is 8.94. The van der Waals surface area contributed by atoms with Crippen LogP contribution in [-0.4, -0.2) is 33.4 Å². The Labute approximate surface area is 193 Å². The molecule has 1 saturated carbocycles. The van der Waals surface area contributed by atoms with Gasteiger partial charge in [0.1, 0.15) is 17.0 Å². The number of hydrogen-bond acceptors (Lipinski definition) is 5. The number of nitrogens with one attached hydrogen (secondary N) is 1. The van der Waals surface area contributed by atoms with E-state index in [1.165, 1.54) is 72.0 Å². The first-order valence-electron chi connectivity index (χ1n) is 11.9. The third-order valence-electron chi connectivity index (χ3n) is 7.76. The van der Waals surface area contributed by atoms with Crippen molar-refractivity contribution in [3.63, 3.8) is 0 Å². The molecule has 3 N–H and O–H groups in total. The van der Waals surface area contributed by atoms with Crippen LogP contribution in [0.5, 0.6) is 0 Å². The van der Waals surface area contributed by atoms with E-state index >= 15 is 0 Å². The van der Waals surface area contributed by atoms with Gasteiger partial charge in [-0.05, 0) is 74.1 Å². The molecule has 0 spiro atoms. The topological polar surface area (TPSA) is 70.8 Å². The van der Waals surface area contributed by atoms with E-state index in [9.17, 15) is 0 Å². The van der Waals surface area contributed by atoms with Crippen molar-refractivity contribution in [1.82, 2.24) is 19.9 Å². The molecule has 0 aliphatic heterocycles. The molecule has 2 aliphatic carbocycles. The number of aryl methyl sites for hydroxylation is 1. The monoisotopic (exact) mass is 445 g/mol. The van der Waals surface area contributed by atoms with Crippen LogP contribution in [0.3, 0.4) is 0 Å². The molecule has 6 rings (SSSR count). The molecule has 6 heteroatoms. The Bertz CT molecular complexity index is 1260. The van der Waals surface area contributed by atoms with E-state index in [2.05, 4.69) is 57.4 Å². The van der Waals surface area contributed by atoms with Crippen LogP contribution in [0.1, 0.15) is 54.0 Å². The van der Waals surface area contributed by atoms with Crippen LogP contribution in [0, 0.1) is 11.8 Å². The van der Waals surface area contributed by atoms with Gasteiger partial charge in [0.05, 0.1) is 5.39 Å². The Morgan fingerprint density at radius 2 is 2.09 bits per heavy atom. The van der Waals surface area contributed by atoms with Gasteiger partial charge in [0, 0.05) is 35.1 Å². The van der Waals surface area contributed by atoms with Gasteiger partial charge in [0.15, 0.2) is 0 Å². The van der Waals surface area contributed by atoms with Gasteiger partial charge in [-0.3, -0.25) is 0 Å². The second-order valence-electron chi connectivity index (χ2n) is 9.87. The number of nitrogens with two attached hydrogens (primary N) is 1. The summed E-state index contributed by atoms with van der Waals surface area (Å²) in [7, 11) is 2.28. The first-order valence-corrected chi connectivity index (χ1v) is 12.7. The van der Waals surface area contributed by atoms with E-state index in [1.54, 1.807) is 6.33 Å². The summed E-state index contributed by atoms with van der Waals surface area (Å²) in [4.78, 5) is 17.4. The van der Waals surface area contributed by atoms with Crippen molar-refractivity contribution in [2.45, 2.75) is 51.0 Å². The standard InChI is InChI=1S/C26H31N5S/c1-31(14-18-12-28-21-8-3-2-7-19(18)21)13-16-5-4-6-17(11-16)20-9-10-22-23(20)24-25(27)29-15-30-26(24)32-22/h2-3,7-8,12,15-17,20,28H,4-6,9-11,13-14H2,1H3,(H2,27,29,30)/t16-,17?,20?/m0/s1. The summed E-state index contributed by atoms with van der Waals surface area (Å²) in [6.07, 6.45) is 11.6. The Kier molecular flexibility index (Phi) is 5.15. The Morgan fingerprint density at radius 1 is 1.19 bits per heavy atom. The average Bonchev–Trinajstić information content (AvgIpc) is 3.48. The quantitative estimate of drug-likeness (QED) is 0.412. The lowest BCUT2D eigenvalue weighted by Crippen LogP contribution is -2.30. The zero-order valence-corrected chi connectivity index (χ0v) is 19.5. The maximum Gasteiger partial charge on any atom is 0.135 e.